The number of hydrogen-bond donors (Lipinski definition) is 0. The molecule has 0 aromatic heterocycles. The van der Waals surface area contributed by atoms with E-state index in [2.05, 4.69) is 106 Å². The first-order valence-corrected chi connectivity index (χ1v) is 25.6. The molecule has 0 N–H and O–H groups in total. The molecule has 0 aliphatic rings. The van der Waals surface area contributed by atoms with Crippen molar-refractivity contribution in [2.45, 2.75) is 239 Å². The van der Waals surface area contributed by atoms with Crippen molar-refractivity contribution in [1.29, 1.82) is 0 Å². The number of unbranched alkanes of at least 4 members (excludes halogenated alkanes) is 22. The highest BCUT2D eigenvalue weighted by Gasteiger charge is 2.19. The Morgan fingerprint density at radius 1 is 0.355 bits per heavy atom. The maximum Gasteiger partial charge on any atom is 0.306 e. The van der Waals surface area contributed by atoms with E-state index in [1.807, 2.05) is 0 Å². The van der Waals surface area contributed by atoms with E-state index >= 15 is 0 Å². The summed E-state index contributed by atoms with van der Waals surface area (Å²) in [4.78, 5) is 38.0. The Morgan fingerprint density at radius 3 is 1.15 bits per heavy atom. The van der Waals surface area contributed by atoms with Gasteiger partial charge in [-0.15, -0.1) is 0 Å². The summed E-state index contributed by atoms with van der Waals surface area (Å²) in [6, 6.07) is 0. The molecule has 0 bridgehead atoms. The van der Waals surface area contributed by atoms with Gasteiger partial charge in [0.25, 0.3) is 0 Å². The van der Waals surface area contributed by atoms with Gasteiger partial charge in [-0.05, 0) is 96.3 Å². The van der Waals surface area contributed by atoms with Crippen molar-refractivity contribution >= 4 is 17.9 Å². The van der Waals surface area contributed by atoms with E-state index in [1.165, 1.54) is 77.0 Å². The SMILES string of the molecule is CC/C=C/C=C/C=C/CCCCCCCC(=O)OCC(COC(=O)CCCCCCCCC/C=C/C/C=C/CCCCC)OC(=O)CCCCCCCCC/C=C/C/C=C/CC. The highest BCUT2D eigenvalue weighted by molar-refractivity contribution is 5.71. The lowest BCUT2D eigenvalue weighted by molar-refractivity contribution is -0.167. The number of hydrogen-bond acceptors (Lipinski definition) is 6. The second kappa shape index (κ2) is 50.2. The summed E-state index contributed by atoms with van der Waals surface area (Å²) < 4.78 is 16.8. The third-order valence-electron chi connectivity index (χ3n) is 10.7. The molecule has 0 fully saturated rings. The first-order chi connectivity index (χ1) is 30.5. The van der Waals surface area contributed by atoms with Crippen molar-refractivity contribution in [2.75, 3.05) is 13.2 Å². The first-order valence-electron chi connectivity index (χ1n) is 25.6. The molecule has 0 aliphatic carbocycles. The van der Waals surface area contributed by atoms with Crippen LogP contribution in [-0.4, -0.2) is 37.2 Å². The summed E-state index contributed by atoms with van der Waals surface area (Å²) in [5.41, 5.74) is 0. The molecule has 0 amide bonds. The van der Waals surface area contributed by atoms with Gasteiger partial charge in [0.15, 0.2) is 6.10 Å². The van der Waals surface area contributed by atoms with Crippen molar-refractivity contribution < 1.29 is 28.6 Å². The van der Waals surface area contributed by atoms with E-state index in [0.29, 0.717) is 19.3 Å². The number of carbonyl (C=O) groups is 3. The Kier molecular flexibility index (Phi) is 47.5. The summed E-state index contributed by atoms with van der Waals surface area (Å²) in [5, 5.41) is 0. The molecular formula is C56H94O6. The van der Waals surface area contributed by atoms with Crippen molar-refractivity contribution in [3.05, 3.63) is 85.1 Å². The molecule has 6 nitrogen and oxygen atoms in total. The molecule has 1 atom stereocenters. The van der Waals surface area contributed by atoms with E-state index < -0.39 is 6.10 Å². The molecule has 0 rings (SSSR count). The summed E-state index contributed by atoms with van der Waals surface area (Å²) in [7, 11) is 0. The Hall–Kier alpha value is -3.41. The minimum atomic E-state index is -0.792. The lowest BCUT2D eigenvalue weighted by Gasteiger charge is -2.18. The van der Waals surface area contributed by atoms with E-state index in [-0.39, 0.29) is 31.1 Å². The normalized spacial score (nSPS) is 12.8. The fourth-order valence-electron chi connectivity index (χ4n) is 6.86. The van der Waals surface area contributed by atoms with Crippen molar-refractivity contribution in [3.8, 4) is 0 Å². The molecular weight excluding hydrogens is 769 g/mol. The van der Waals surface area contributed by atoms with Crippen LogP contribution in [0.1, 0.15) is 233 Å². The van der Waals surface area contributed by atoms with Crippen molar-refractivity contribution in [2.24, 2.45) is 0 Å². The highest BCUT2D eigenvalue weighted by Crippen LogP contribution is 2.14. The summed E-state index contributed by atoms with van der Waals surface area (Å²) >= 11 is 0. The van der Waals surface area contributed by atoms with E-state index in [1.54, 1.807) is 0 Å². The van der Waals surface area contributed by atoms with Crippen LogP contribution in [-0.2, 0) is 28.6 Å². The monoisotopic (exact) mass is 863 g/mol. The summed E-state index contributed by atoms with van der Waals surface area (Å²) in [5.74, 6) is -0.929. The quantitative estimate of drug-likeness (QED) is 0.0199. The molecule has 0 aromatic carbocycles. The third kappa shape index (κ3) is 47.6. The molecule has 0 saturated heterocycles. The molecule has 0 radical (unpaired) electrons. The van der Waals surface area contributed by atoms with E-state index in [0.717, 1.165) is 116 Å². The third-order valence-corrected chi connectivity index (χ3v) is 10.7. The number of carbonyl (C=O) groups excluding carboxylic acids is 3. The topological polar surface area (TPSA) is 78.9 Å². The van der Waals surface area contributed by atoms with Gasteiger partial charge in [0.2, 0.25) is 0 Å². The van der Waals surface area contributed by atoms with Gasteiger partial charge in [0, 0.05) is 19.3 Å². The molecule has 0 spiro atoms. The lowest BCUT2D eigenvalue weighted by Crippen LogP contribution is -2.30. The average Bonchev–Trinajstić information content (AvgIpc) is 3.27. The molecule has 0 saturated carbocycles. The van der Waals surface area contributed by atoms with Crippen LogP contribution in [0.3, 0.4) is 0 Å². The molecule has 6 heteroatoms. The second-order valence-corrected chi connectivity index (χ2v) is 16.7. The molecule has 0 aromatic rings. The Labute approximate surface area is 382 Å². The van der Waals surface area contributed by atoms with Gasteiger partial charge in [0.05, 0.1) is 0 Å². The smallest absolute Gasteiger partial charge is 0.306 e. The number of ether oxygens (including phenoxy) is 3. The van der Waals surface area contributed by atoms with Gasteiger partial charge in [-0.1, -0.05) is 202 Å². The van der Waals surface area contributed by atoms with Crippen LogP contribution in [0.15, 0.2) is 85.1 Å². The van der Waals surface area contributed by atoms with Gasteiger partial charge in [0.1, 0.15) is 13.2 Å². The predicted octanol–water partition coefficient (Wildman–Crippen LogP) is 16.8. The first kappa shape index (κ1) is 58.6. The van der Waals surface area contributed by atoms with Gasteiger partial charge < -0.3 is 14.2 Å². The van der Waals surface area contributed by atoms with Crippen LogP contribution >= 0.6 is 0 Å². The zero-order chi connectivity index (χ0) is 45.1. The maximum atomic E-state index is 12.8. The van der Waals surface area contributed by atoms with Crippen LogP contribution in [0.5, 0.6) is 0 Å². The average molecular weight is 863 g/mol. The fraction of sp³-hybridized carbons (Fsp3) is 0.696. The number of rotatable bonds is 45. The van der Waals surface area contributed by atoms with Gasteiger partial charge in [-0.3, -0.25) is 14.4 Å². The molecule has 0 aliphatic heterocycles. The molecule has 62 heavy (non-hydrogen) atoms. The Morgan fingerprint density at radius 2 is 0.710 bits per heavy atom. The zero-order valence-electron chi connectivity index (χ0n) is 40.4. The van der Waals surface area contributed by atoms with Crippen molar-refractivity contribution in [3.63, 3.8) is 0 Å². The van der Waals surface area contributed by atoms with E-state index in [9.17, 15) is 14.4 Å². The van der Waals surface area contributed by atoms with Crippen LogP contribution in [0.25, 0.3) is 0 Å². The number of esters is 3. The van der Waals surface area contributed by atoms with Crippen LogP contribution in [0.4, 0.5) is 0 Å². The van der Waals surface area contributed by atoms with Crippen LogP contribution < -0.4 is 0 Å². The Balaban J connectivity index is 4.42. The standard InChI is InChI=1S/C56H94O6/c1-4-7-10-13-16-19-22-25-27-28-29-32-34-37-40-43-46-49-55(58)61-52-53(51-60-54(57)48-45-42-39-36-33-30-24-21-18-15-12-9-6-3)62-56(59)50-47-44-41-38-35-31-26-23-20-17-14-11-8-5-2/h8-9,11-12,15-21,24-25,27,53H,4-7,10,13-14,22-23,26,28-52H2,1-3H3/b11-8+,12-9+,18-15+,19-16+,20-17+,24-21+,27-25+. The van der Waals surface area contributed by atoms with Gasteiger partial charge in [-0.25, -0.2) is 0 Å². The highest BCUT2D eigenvalue weighted by atomic mass is 16.6. The Bertz CT molecular complexity index is 1220. The number of allylic oxidation sites excluding steroid dienone is 14. The largest absolute Gasteiger partial charge is 0.462 e. The van der Waals surface area contributed by atoms with Gasteiger partial charge in [-0.2, -0.15) is 0 Å². The molecule has 1 unspecified atom stereocenters. The van der Waals surface area contributed by atoms with E-state index in [4.69, 9.17) is 14.2 Å². The van der Waals surface area contributed by atoms with Crippen LogP contribution in [0, 0.1) is 0 Å². The predicted molar refractivity (Wildman–Crippen MR) is 265 cm³/mol. The molecule has 0 heterocycles. The van der Waals surface area contributed by atoms with Crippen LogP contribution in [0.2, 0.25) is 0 Å². The fourth-order valence-corrected chi connectivity index (χ4v) is 6.86. The zero-order valence-corrected chi connectivity index (χ0v) is 40.4. The lowest BCUT2D eigenvalue weighted by atomic mass is 10.1. The maximum absolute atomic E-state index is 12.8. The van der Waals surface area contributed by atoms with Gasteiger partial charge >= 0.3 is 17.9 Å². The second-order valence-electron chi connectivity index (χ2n) is 16.7. The molecule has 354 valence electrons. The summed E-state index contributed by atoms with van der Waals surface area (Å²) in [6.45, 7) is 6.34. The minimum absolute atomic E-state index is 0.0914. The minimum Gasteiger partial charge on any atom is -0.462 e. The summed E-state index contributed by atoms with van der Waals surface area (Å²) in [6.07, 6.45) is 64.2. The van der Waals surface area contributed by atoms with Crippen molar-refractivity contribution in [1.82, 2.24) is 0 Å².